The average molecular weight is 597 g/mol. The summed E-state index contributed by atoms with van der Waals surface area (Å²) < 4.78 is 70.1. The molecule has 1 fully saturated rings. The Morgan fingerprint density at radius 3 is 2.62 bits per heavy atom. The Morgan fingerprint density at radius 1 is 1.00 bits per heavy atom. The van der Waals surface area contributed by atoms with Crippen LogP contribution in [0.2, 0.25) is 0 Å². The van der Waals surface area contributed by atoms with Crippen LogP contribution >= 0.6 is 0 Å². The van der Waals surface area contributed by atoms with Gasteiger partial charge in [0, 0.05) is 49.2 Å². The summed E-state index contributed by atoms with van der Waals surface area (Å²) in [5.41, 5.74) is 3.25. The third-order valence-corrected chi connectivity index (χ3v) is 8.26. The molecular weight excluding hydrogens is 570 g/mol. The largest absolute Gasteiger partial charge is 0.480 e. The topological polar surface area (TPSA) is 129 Å². The highest BCUT2D eigenvalue weighted by molar-refractivity contribution is 7.92. The average Bonchev–Trinajstić information content (AvgIpc) is 3.63. The molecule has 1 saturated heterocycles. The molecule has 0 saturated carbocycles. The number of aromatic nitrogens is 6. The third kappa shape index (κ3) is 5.66. The maximum atomic E-state index is 14.3. The molecule has 6 rings (SSSR count). The van der Waals surface area contributed by atoms with Gasteiger partial charge < -0.3 is 9.47 Å². The molecule has 0 bridgehead atoms. The summed E-state index contributed by atoms with van der Waals surface area (Å²) >= 11 is 0. The molecule has 12 nitrogen and oxygen atoms in total. The van der Waals surface area contributed by atoms with Gasteiger partial charge in [-0.15, -0.1) is 5.10 Å². The van der Waals surface area contributed by atoms with Crippen LogP contribution in [-0.4, -0.2) is 82.6 Å². The molecule has 0 unspecified atom stereocenters. The van der Waals surface area contributed by atoms with Crippen molar-refractivity contribution in [3.63, 3.8) is 0 Å². The quantitative estimate of drug-likeness (QED) is 0.273. The molecule has 5 aromatic rings. The summed E-state index contributed by atoms with van der Waals surface area (Å²) in [5.74, 6) is -2.14. The number of rotatable bonds is 9. The molecule has 0 spiro atoms. The van der Waals surface area contributed by atoms with Crippen LogP contribution in [0.3, 0.4) is 0 Å². The zero-order valence-electron chi connectivity index (χ0n) is 22.4. The van der Waals surface area contributed by atoms with Crippen LogP contribution in [0.25, 0.3) is 28.2 Å². The van der Waals surface area contributed by atoms with Gasteiger partial charge in [-0.05, 0) is 30.3 Å². The normalized spacial score (nSPS) is 14.4. The van der Waals surface area contributed by atoms with Crippen molar-refractivity contribution >= 4 is 21.4 Å². The number of hydrogen-bond acceptors (Lipinski definition) is 9. The minimum Gasteiger partial charge on any atom is -0.480 e. The molecule has 0 amide bonds. The summed E-state index contributed by atoms with van der Waals surface area (Å²) in [6.45, 7) is 4.78. The Kier molecular flexibility index (Phi) is 7.53. The van der Waals surface area contributed by atoms with Crippen molar-refractivity contribution in [2.75, 3.05) is 44.7 Å². The zero-order valence-corrected chi connectivity index (χ0v) is 23.3. The molecule has 0 radical (unpaired) electrons. The van der Waals surface area contributed by atoms with Gasteiger partial charge in [0.25, 0.3) is 10.0 Å². The number of fused-ring (bicyclic) bond motifs is 1. The number of hydrogen-bond donors (Lipinski definition) is 1. The zero-order chi connectivity index (χ0) is 29.3. The fourth-order valence-corrected chi connectivity index (χ4v) is 5.78. The number of ether oxygens (including phenoxy) is 2. The van der Waals surface area contributed by atoms with Crippen LogP contribution in [0.4, 0.5) is 14.5 Å². The SMILES string of the molecule is COc1ncc(-c2ccc3ncc(-c4cn(CCN5CCOCC5)nn4)n3c2)cc1NS(=O)(=O)c1ccc(F)cc1F. The van der Waals surface area contributed by atoms with E-state index in [1.165, 1.54) is 19.4 Å². The molecule has 1 N–H and O–H groups in total. The van der Waals surface area contributed by atoms with Gasteiger partial charge in [0.1, 0.15) is 33.6 Å². The Hall–Kier alpha value is -4.47. The summed E-state index contributed by atoms with van der Waals surface area (Å²) in [4.78, 5) is 10.3. The van der Waals surface area contributed by atoms with Gasteiger partial charge in [-0.25, -0.2) is 27.2 Å². The van der Waals surface area contributed by atoms with Gasteiger partial charge in [-0.2, -0.15) is 0 Å². The van der Waals surface area contributed by atoms with Crippen LogP contribution in [0.15, 0.2) is 66.1 Å². The van der Waals surface area contributed by atoms with Gasteiger partial charge in [-0.1, -0.05) is 5.21 Å². The third-order valence-electron chi connectivity index (χ3n) is 6.86. The number of nitrogens with one attached hydrogen (secondary N) is 1. The number of halogens is 2. The summed E-state index contributed by atoms with van der Waals surface area (Å²) in [7, 11) is -3.09. The van der Waals surface area contributed by atoms with E-state index in [4.69, 9.17) is 9.47 Å². The lowest BCUT2D eigenvalue weighted by Crippen LogP contribution is -2.38. The van der Waals surface area contributed by atoms with Crippen molar-refractivity contribution in [3.05, 3.63) is 72.8 Å². The second-order valence-electron chi connectivity index (χ2n) is 9.57. The van der Waals surface area contributed by atoms with E-state index >= 15 is 0 Å². The first-order chi connectivity index (χ1) is 20.3. The van der Waals surface area contributed by atoms with E-state index in [2.05, 4.69) is 29.9 Å². The minimum absolute atomic E-state index is 0.0205. The van der Waals surface area contributed by atoms with Gasteiger partial charge in [0.2, 0.25) is 5.88 Å². The van der Waals surface area contributed by atoms with Gasteiger partial charge >= 0.3 is 0 Å². The fraction of sp³-hybridized carbons (Fsp3) is 0.259. The molecule has 42 heavy (non-hydrogen) atoms. The Labute approximate surface area is 239 Å². The summed E-state index contributed by atoms with van der Waals surface area (Å²) in [5, 5.41) is 8.62. The predicted molar refractivity (Wildman–Crippen MR) is 148 cm³/mol. The smallest absolute Gasteiger partial charge is 0.264 e. The van der Waals surface area contributed by atoms with E-state index < -0.39 is 26.6 Å². The Morgan fingerprint density at radius 2 is 1.83 bits per heavy atom. The molecule has 1 aromatic carbocycles. The summed E-state index contributed by atoms with van der Waals surface area (Å²) in [6, 6.07) is 7.36. The van der Waals surface area contributed by atoms with Crippen LogP contribution in [-0.2, 0) is 21.3 Å². The van der Waals surface area contributed by atoms with Crippen molar-refractivity contribution in [3.8, 4) is 28.4 Å². The standard InChI is InChI=1S/C27H26F2N8O4S/c1-40-27-22(33-42(38,39)25-4-3-20(28)13-21(25)29)12-19(14-31-27)18-2-5-26-30-15-24(37(26)16-18)23-17-36(34-32-23)7-6-35-8-10-41-11-9-35/h2-5,12-17,33H,6-11H2,1H3. The Bertz CT molecular complexity index is 1850. The lowest BCUT2D eigenvalue weighted by atomic mass is 10.1. The highest BCUT2D eigenvalue weighted by Gasteiger charge is 2.22. The first-order valence-corrected chi connectivity index (χ1v) is 14.5. The minimum atomic E-state index is -4.42. The van der Waals surface area contributed by atoms with Gasteiger partial charge in [0.05, 0.1) is 45.0 Å². The van der Waals surface area contributed by atoms with Crippen molar-refractivity contribution in [2.45, 2.75) is 11.4 Å². The molecule has 1 aliphatic rings. The number of benzene rings is 1. The molecule has 0 aliphatic carbocycles. The second kappa shape index (κ2) is 11.4. The number of methoxy groups -OCH3 is 1. The van der Waals surface area contributed by atoms with E-state index in [1.54, 1.807) is 10.9 Å². The molecule has 1 aliphatic heterocycles. The van der Waals surface area contributed by atoms with Crippen LogP contribution in [0.1, 0.15) is 0 Å². The first kappa shape index (κ1) is 27.7. The molecule has 5 heterocycles. The van der Waals surface area contributed by atoms with E-state index in [9.17, 15) is 17.2 Å². The number of imidazole rings is 1. The number of morpholine rings is 1. The van der Waals surface area contributed by atoms with E-state index in [-0.39, 0.29) is 11.6 Å². The van der Waals surface area contributed by atoms with Gasteiger partial charge in [0.15, 0.2) is 0 Å². The fourth-order valence-electron chi connectivity index (χ4n) is 4.67. The van der Waals surface area contributed by atoms with Crippen LogP contribution in [0, 0.1) is 11.6 Å². The molecule has 218 valence electrons. The lowest BCUT2D eigenvalue weighted by Gasteiger charge is -2.26. The van der Waals surface area contributed by atoms with Crippen molar-refractivity contribution in [1.29, 1.82) is 0 Å². The van der Waals surface area contributed by atoms with E-state index in [0.717, 1.165) is 50.7 Å². The van der Waals surface area contributed by atoms with Crippen molar-refractivity contribution < 1.29 is 26.7 Å². The maximum Gasteiger partial charge on any atom is 0.264 e. The lowest BCUT2D eigenvalue weighted by molar-refractivity contribution is 0.0359. The molecule has 4 aromatic heterocycles. The number of nitrogens with zero attached hydrogens (tertiary/aromatic N) is 7. The Balaban J connectivity index is 1.28. The van der Waals surface area contributed by atoms with E-state index in [0.29, 0.717) is 35.1 Å². The van der Waals surface area contributed by atoms with Gasteiger partial charge in [-0.3, -0.25) is 18.7 Å². The number of pyridine rings is 2. The van der Waals surface area contributed by atoms with Crippen molar-refractivity contribution in [1.82, 2.24) is 34.3 Å². The second-order valence-corrected chi connectivity index (χ2v) is 11.2. The number of anilines is 1. The number of sulfonamides is 1. The molecular formula is C27H26F2N8O4S. The highest BCUT2D eigenvalue weighted by Crippen LogP contribution is 2.31. The highest BCUT2D eigenvalue weighted by atomic mass is 32.2. The van der Waals surface area contributed by atoms with E-state index in [1.807, 2.05) is 28.9 Å². The van der Waals surface area contributed by atoms with Crippen LogP contribution < -0.4 is 9.46 Å². The first-order valence-electron chi connectivity index (χ1n) is 13.0. The summed E-state index contributed by atoms with van der Waals surface area (Å²) in [6.07, 6.45) is 6.92. The maximum absolute atomic E-state index is 14.3. The van der Waals surface area contributed by atoms with Crippen LogP contribution in [0.5, 0.6) is 5.88 Å². The molecule has 0 atom stereocenters. The van der Waals surface area contributed by atoms with Crippen molar-refractivity contribution in [2.24, 2.45) is 0 Å². The molecule has 15 heteroatoms. The monoisotopic (exact) mass is 596 g/mol. The predicted octanol–water partition coefficient (Wildman–Crippen LogP) is 3.07.